The van der Waals surface area contributed by atoms with Gasteiger partial charge in [-0.25, -0.2) is 0 Å². The molecule has 1 aromatic carbocycles. The Morgan fingerprint density at radius 1 is 1.15 bits per heavy atom. The lowest BCUT2D eigenvalue weighted by Crippen LogP contribution is -2.29. The van der Waals surface area contributed by atoms with Crippen LogP contribution in [0.15, 0.2) is 24.3 Å². The van der Waals surface area contributed by atoms with Gasteiger partial charge in [0.15, 0.2) is 0 Å². The molecule has 0 bridgehead atoms. The SMILES string of the molecule is O=C(Nc1ccc(N2CCCCC2)cc1)c1nn[nH]n1. The molecule has 0 radical (unpaired) electrons. The van der Waals surface area contributed by atoms with E-state index in [9.17, 15) is 4.79 Å². The first-order valence-electron chi connectivity index (χ1n) is 6.73. The highest BCUT2D eigenvalue weighted by atomic mass is 16.2. The van der Waals surface area contributed by atoms with E-state index in [0.29, 0.717) is 0 Å². The highest BCUT2D eigenvalue weighted by Gasteiger charge is 2.12. The minimum absolute atomic E-state index is 0.0325. The Balaban J connectivity index is 1.65. The highest BCUT2D eigenvalue weighted by molar-refractivity contribution is 6.01. The van der Waals surface area contributed by atoms with Crippen LogP contribution < -0.4 is 10.2 Å². The maximum Gasteiger partial charge on any atom is 0.297 e. The van der Waals surface area contributed by atoms with E-state index in [1.165, 1.54) is 24.9 Å². The van der Waals surface area contributed by atoms with E-state index >= 15 is 0 Å². The monoisotopic (exact) mass is 272 g/mol. The third-order valence-electron chi connectivity index (χ3n) is 3.39. The van der Waals surface area contributed by atoms with E-state index in [-0.39, 0.29) is 11.7 Å². The Labute approximate surface area is 116 Å². The quantitative estimate of drug-likeness (QED) is 0.883. The van der Waals surface area contributed by atoms with Crippen molar-refractivity contribution in [1.82, 2.24) is 20.6 Å². The summed E-state index contributed by atoms with van der Waals surface area (Å²) < 4.78 is 0. The minimum atomic E-state index is -0.371. The van der Waals surface area contributed by atoms with Gasteiger partial charge in [-0.3, -0.25) is 4.79 Å². The fraction of sp³-hybridized carbons (Fsp3) is 0.385. The lowest BCUT2D eigenvalue weighted by atomic mass is 10.1. The van der Waals surface area contributed by atoms with Crippen molar-refractivity contribution in [1.29, 1.82) is 0 Å². The number of aromatic nitrogens is 4. The molecular weight excluding hydrogens is 256 g/mol. The second kappa shape index (κ2) is 5.68. The van der Waals surface area contributed by atoms with Crippen LogP contribution in [0.1, 0.15) is 29.9 Å². The van der Waals surface area contributed by atoms with Gasteiger partial charge in [0.2, 0.25) is 0 Å². The first-order chi connectivity index (χ1) is 9.83. The second-order valence-electron chi connectivity index (χ2n) is 4.78. The first-order valence-corrected chi connectivity index (χ1v) is 6.73. The van der Waals surface area contributed by atoms with Crippen molar-refractivity contribution >= 4 is 17.3 Å². The largest absolute Gasteiger partial charge is 0.372 e. The van der Waals surface area contributed by atoms with Gasteiger partial charge in [-0.2, -0.15) is 5.21 Å². The molecule has 20 heavy (non-hydrogen) atoms. The number of hydrogen-bond acceptors (Lipinski definition) is 5. The van der Waals surface area contributed by atoms with Crippen molar-refractivity contribution in [3.8, 4) is 0 Å². The zero-order valence-corrected chi connectivity index (χ0v) is 11.0. The maximum atomic E-state index is 11.8. The van der Waals surface area contributed by atoms with Crippen LogP contribution in [-0.4, -0.2) is 39.6 Å². The van der Waals surface area contributed by atoms with Crippen molar-refractivity contribution in [2.24, 2.45) is 0 Å². The van der Waals surface area contributed by atoms with Crippen LogP contribution in [0.3, 0.4) is 0 Å². The van der Waals surface area contributed by atoms with E-state index in [1.54, 1.807) is 0 Å². The molecule has 2 aromatic rings. The number of nitrogens with one attached hydrogen (secondary N) is 2. The lowest BCUT2D eigenvalue weighted by Gasteiger charge is -2.28. The Kier molecular flexibility index (Phi) is 3.58. The summed E-state index contributed by atoms with van der Waals surface area (Å²) in [4.78, 5) is 14.1. The number of rotatable bonds is 3. The Hall–Kier alpha value is -2.44. The van der Waals surface area contributed by atoms with E-state index in [4.69, 9.17) is 0 Å². The van der Waals surface area contributed by atoms with Crippen LogP contribution in [0.25, 0.3) is 0 Å². The molecule has 0 spiro atoms. The topological polar surface area (TPSA) is 86.8 Å². The summed E-state index contributed by atoms with van der Waals surface area (Å²) in [6.07, 6.45) is 3.81. The predicted molar refractivity (Wildman–Crippen MR) is 74.6 cm³/mol. The summed E-state index contributed by atoms with van der Waals surface area (Å²) in [5.74, 6) is -0.338. The fourth-order valence-electron chi connectivity index (χ4n) is 2.35. The number of H-pyrrole nitrogens is 1. The number of carbonyl (C=O) groups is 1. The van der Waals surface area contributed by atoms with E-state index in [2.05, 4.69) is 30.8 Å². The summed E-state index contributed by atoms with van der Waals surface area (Å²) in [6, 6.07) is 7.83. The van der Waals surface area contributed by atoms with E-state index < -0.39 is 0 Å². The van der Waals surface area contributed by atoms with Crippen LogP contribution >= 0.6 is 0 Å². The Bertz CT molecular complexity index is 559. The average Bonchev–Trinajstić information content (AvgIpc) is 3.03. The second-order valence-corrected chi connectivity index (χ2v) is 4.78. The standard InChI is InChI=1S/C13H16N6O/c20-13(12-15-17-18-16-12)14-10-4-6-11(7-5-10)19-8-2-1-3-9-19/h4-7H,1-3,8-9H2,(H,14,20)(H,15,16,17,18). The van der Waals surface area contributed by atoms with Gasteiger partial charge in [0.25, 0.3) is 11.7 Å². The molecule has 0 atom stereocenters. The van der Waals surface area contributed by atoms with Crippen molar-refractivity contribution in [3.63, 3.8) is 0 Å². The van der Waals surface area contributed by atoms with Crippen molar-refractivity contribution in [3.05, 3.63) is 30.1 Å². The van der Waals surface area contributed by atoms with Gasteiger partial charge >= 0.3 is 0 Å². The minimum Gasteiger partial charge on any atom is -0.372 e. The molecule has 1 amide bonds. The summed E-state index contributed by atoms with van der Waals surface area (Å²) >= 11 is 0. The Morgan fingerprint density at radius 3 is 2.55 bits per heavy atom. The summed E-state index contributed by atoms with van der Waals surface area (Å²) in [7, 11) is 0. The van der Waals surface area contributed by atoms with E-state index in [0.717, 1.165) is 18.8 Å². The van der Waals surface area contributed by atoms with Gasteiger partial charge in [-0.05, 0) is 48.7 Å². The van der Waals surface area contributed by atoms with Crippen molar-refractivity contribution in [2.45, 2.75) is 19.3 Å². The third-order valence-corrected chi connectivity index (χ3v) is 3.39. The average molecular weight is 272 g/mol. The van der Waals surface area contributed by atoms with Crippen LogP contribution in [0.2, 0.25) is 0 Å². The highest BCUT2D eigenvalue weighted by Crippen LogP contribution is 2.21. The molecule has 7 nitrogen and oxygen atoms in total. The number of amides is 1. The molecule has 1 saturated heterocycles. The summed E-state index contributed by atoms with van der Waals surface area (Å²) in [5, 5.41) is 15.6. The van der Waals surface area contributed by atoms with Crippen LogP contribution in [0, 0.1) is 0 Å². The summed E-state index contributed by atoms with van der Waals surface area (Å²) in [5.41, 5.74) is 1.92. The summed E-state index contributed by atoms with van der Waals surface area (Å²) in [6.45, 7) is 2.21. The molecule has 104 valence electrons. The first kappa shape index (κ1) is 12.6. The van der Waals surface area contributed by atoms with Gasteiger partial charge in [-0.1, -0.05) is 0 Å². The van der Waals surface area contributed by atoms with Crippen LogP contribution in [0.4, 0.5) is 11.4 Å². The number of carbonyl (C=O) groups excluding carboxylic acids is 1. The Morgan fingerprint density at radius 2 is 1.90 bits per heavy atom. The molecule has 1 aliphatic rings. The van der Waals surface area contributed by atoms with Gasteiger partial charge in [0.1, 0.15) is 0 Å². The number of piperidine rings is 1. The predicted octanol–water partition coefficient (Wildman–Crippen LogP) is 1.44. The number of anilines is 2. The lowest BCUT2D eigenvalue weighted by molar-refractivity contribution is 0.101. The van der Waals surface area contributed by atoms with Gasteiger partial charge in [0, 0.05) is 24.5 Å². The normalized spacial score (nSPS) is 15.1. The van der Waals surface area contributed by atoms with Gasteiger partial charge in [-0.15, -0.1) is 10.2 Å². The molecule has 1 fully saturated rings. The number of nitrogens with zero attached hydrogens (tertiary/aromatic N) is 4. The molecule has 0 aliphatic carbocycles. The molecular formula is C13H16N6O. The van der Waals surface area contributed by atoms with Crippen molar-refractivity contribution < 1.29 is 4.79 Å². The maximum absolute atomic E-state index is 11.8. The fourth-order valence-corrected chi connectivity index (χ4v) is 2.35. The number of benzene rings is 1. The zero-order valence-electron chi connectivity index (χ0n) is 11.0. The third kappa shape index (κ3) is 2.76. The smallest absolute Gasteiger partial charge is 0.297 e. The molecule has 2 heterocycles. The number of hydrogen-bond donors (Lipinski definition) is 2. The number of aromatic amines is 1. The molecule has 1 aromatic heterocycles. The van der Waals surface area contributed by atoms with Crippen molar-refractivity contribution in [2.75, 3.05) is 23.3 Å². The van der Waals surface area contributed by atoms with Gasteiger partial charge in [0.05, 0.1) is 0 Å². The molecule has 0 saturated carbocycles. The molecule has 7 heteroatoms. The van der Waals surface area contributed by atoms with Crippen LogP contribution in [0.5, 0.6) is 0 Å². The van der Waals surface area contributed by atoms with E-state index in [1.807, 2.05) is 24.3 Å². The zero-order chi connectivity index (χ0) is 13.8. The molecule has 2 N–H and O–H groups in total. The molecule has 3 rings (SSSR count). The van der Waals surface area contributed by atoms with Gasteiger partial charge < -0.3 is 10.2 Å². The molecule has 0 unspecified atom stereocenters. The molecule has 1 aliphatic heterocycles. The van der Waals surface area contributed by atoms with Crippen LogP contribution in [-0.2, 0) is 0 Å². The number of tetrazole rings is 1.